The smallest absolute Gasteiger partial charge is 0.266 e. The maximum Gasteiger partial charge on any atom is 0.266 e. The molecule has 1 amide bonds. The van der Waals surface area contributed by atoms with Crippen LogP contribution in [-0.4, -0.2) is 28.0 Å². The van der Waals surface area contributed by atoms with E-state index in [0.717, 1.165) is 33.4 Å². The van der Waals surface area contributed by atoms with Crippen LogP contribution in [0.5, 0.6) is 5.75 Å². The second-order valence-corrected chi connectivity index (χ2v) is 7.56. The van der Waals surface area contributed by atoms with Crippen molar-refractivity contribution in [2.45, 2.75) is 44.6 Å². The molecule has 7 heteroatoms. The average molecular weight is 351 g/mol. The van der Waals surface area contributed by atoms with Crippen LogP contribution in [0.15, 0.2) is 22.5 Å². The first-order valence-electron chi connectivity index (χ1n) is 7.50. The Bertz CT molecular complexity index is 673. The summed E-state index contributed by atoms with van der Waals surface area (Å²) < 4.78 is 6.61. The fraction of sp³-hybridized carbons (Fsp3) is 0.438. The number of aromatic nitrogens is 2. The van der Waals surface area contributed by atoms with Gasteiger partial charge in [-0.25, -0.2) is 0 Å². The Morgan fingerprint density at radius 3 is 2.87 bits per heavy atom. The van der Waals surface area contributed by atoms with Crippen LogP contribution in [0.25, 0.3) is 0 Å². The van der Waals surface area contributed by atoms with Gasteiger partial charge in [0.15, 0.2) is 10.4 Å². The van der Waals surface area contributed by atoms with Gasteiger partial charge in [0, 0.05) is 5.75 Å². The van der Waals surface area contributed by atoms with E-state index in [1.54, 1.807) is 18.7 Å². The molecular weight excluding hydrogens is 330 g/mol. The summed E-state index contributed by atoms with van der Waals surface area (Å²) in [6, 6.07) is 5.88. The Balaban J connectivity index is 1.93. The maximum atomic E-state index is 12.2. The molecule has 1 heterocycles. The van der Waals surface area contributed by atoms with Crippen LogP contribution >= 0.6 is 23.1 Å². The SMILES string of the molecule is CCCSc1nnc(NC(=O)[C@H](C)Oc2ccc(C)cc2C)s1. The summed E-state index contributed by atoms with van der Waals surface area (Å²) >= 11 is 3.03. The highest BCUT2D eigenvalue weighted by molar-refractivity contribution is 8.01. The van der Waals surface area contributed by atoms with Crippen molar-refractivity contribution < 1.29 is 9.53 Å². The zero-order chi connectivity index (χ0) is 16.8. The standard InChI is InChI=1S/C16H21N3O2S2/c1-5-8-22-16-19-18-15(23-16)17-14(20)12(4)21-13-7-6-10(2)9-11(13)3/h6-7,9,12H,5,8H2,1-4H3,(H,17,18,20)/t12-/m0/s1. The highest BCUT2D eigenvalue weighted by Crippen LogP contribution is 2.26. The van der Waals surface area contributed by atoms with Crippen molar-refractivity contribution in [1.29, 1.82) is 0 Å². The quantitative estimate of drug-likeness (QED) is 0.602. The number of carbonyl (C=O) groups is 1. The van der Waals surface area contributed by atoms with E-state index in [1.807, 2.05) is 32.0 Å². The Kier molecular flexibility index (Phi) is 6.41. The van der Waals surface area contributed by atoms with E-state index in [2.05, 4.69) is 22.4 Å². The number of hydrogen-bond acceptors (Lipinski definition) is 6. The molecule has 5 nitrogen and oxygen atoms in total. The zero-order valence-corrected chi connectivity index (χ0v) is 15.4. The number of nitrogens with zero attached hydrogens (tertiary/aromatic N) is 2. The second kappa shape index (κ2) is 8.31. The van der Waals surface area contributed by atoms with Crippen LogP contribution < -0.4 is 10.1 Å². The van der Waals surface area contributed by atoms with Gasteiger partial charge in [-0.1, -0.05) is 47.7 Å². The van der Waals surface area contributed by atoms with Gasteiger partial charge in [0.25, 0.3) is 5.91 Å². The summed E-state index contributed by atoms with van der Waals surface area (Å²) in [6.07, 6.45) is 0.472. The first-order chi connectivity index (χ1) is 11.0. The number of nitrogens with one attached hydrogen (secondary N) is 1. The number of hydrogen-bond donors (Lipinski definition) is 1. The summed E-state index contributed by atoms with van der Waals surface area (Å²) in [7, 11) is 0. The van der Waals surface area contributed by atoms with Gasteiger partial charge in [0.05, 0.1) is 0 Å². The Morgan fingerprint density at radius 2 is 2.17 bits per heavy atom. The van der Waals surface area contributed by atoms with E-state index in [4.69, 9.17) is 4.74 Å². The molecule has 0 aliphatic rings. The van der Waals surface area contributed by atoms with Crippen LogP contribution in [0.3, 0.4) is 0 Å². The lowest BCUT2D eigenvalue weighted by molar-refractivity contribution is -0.122. The highest BCUT2D eigenvalue weighted by atomic mass is 32.2. The lowest BCUT2D eigenvalue weighted by Gasteiger charge is -2.15. The van der Waals surface area contributed by atoms with Gasteiger partial charge in [0.2, 0.25) is 5.13 Å². The molecule has 0 fully saturated rings. The van der Waals surface area contributed by atoms with Crippen molar-refractivity contribution in [2.24, 2.45) is 0 Å². The first-order valence-corrected chi connectivity index (χ1v) is 9.31. The van der Waals surface area contributed by atoms with Crippen LogP contribution in [0.1, 0.15) is 31.4 Å². The molecule has 1 atom stereocenters. The van der Waals surface area contributed by atoms with Gasteiger partial charge in [-0.2, -0.15) is 0 Å². The van der Waals surface area contributed by atoms with Crippen molar-refractivity contribution in [1.82, 2.24) is 10.2 Å². The predicted molar refractivity (Wildman–Crippen MR) is 95.6 cm³/mol. The third kappa shape index (κ3) is 5.21. The average Bonchev–Trinajstić information content (AvgIpc) is 2.95. The van der Waals surface area contributed by atoms with Crippen molar-refractivity contribution in [2.75, 3.05) is 11.1 Å². The molecule has 0 saturated heterocycles. The molecule has 1 N–H and O–H groups in total. The number of rotatable bonds is 7. The molecular formula is C16H21N3O2S2. The van der Waals surface area contributed by atoms with Gasteiger partial charge >= 0.3 is 0 Å². The Hall–Kier alpha value is -1.60. The van der Waals surface area contributed by atoms with Crippen molar-refractivity contribution in [3.05, 3.63) is 29.3 Å². The molecule has 0 bridgehead atoms. The summed E-state index contributed by atoms with van der Waals surface area (Å²) in [6.45, 7) is 7.83. The van der Waals surface area contributed by atoms with Crippen LogP contribution in [0, 0.1) is 13.8 Å². The molecule has 2 aromatic rings. The van der Waals surface area contributed by atoms with E-state index in [1.165, 1.54) is 11.3 Å². The second-order valence-electron chi connectivity index (χ2n) is 5.24. The first kappa shape index (κ1) is 17.7. The summed E-state index contributed by atoms with van der Waals surface area (Å²) in [5, 5.41) is 11.3. The molecule has 0 aliphatic carbocycles. The van der Waals surface area contributed by atoms with Crippen molar-refractivity contribution >= 4 is 34.1 Å². The van der Waals surface area contributed by atoms with E-state index < -0.39 is 6.10 Å². The number of benzene rings is 1. The number of carbonyl (C=O) groups excluding carboxylic acids is 1. The topological polar surface area (TPSA) is 64.1 Å². The molecule has 124 valence electrons. The highest BCUT2D eigenvalue weighted by Gasteiger charge is 2.17. The van der Waals surface area contributed by atoms with Gasteiger partial charge in [-0.3, -0.25) is 10.1 Å². The summed E-state index contributed by atoms with van der Waals surface area (Å²) in [5.41, 5.74) is 2.18. The van der Waals surface area contributed by atoms with E-state index in [-0.39, 0.29) is 5.91 Å². The molecule has 2 rings (SSSR count). The Labute approximate surface area is 144 Å². The van der Waals surface area contributed by atoms with Crippen LogP contribution in [-0.2, 0) is 4.79 Å². The van der Waals surface area contributed by atoms with Gasteiger partial charge in [0.1, 0.15) is 5.75 Å². The fourth-order valence-electron chi connectivity index (χ4n) is 1.89. The summed E-state index contributed by atoms with van der Waals surface area (Å²) in [4.78, 5) is 12.2. The van der Waals surface area contributed by atoms with Crippen molar-refractivity contribution in [3.63, 3.8) is 0 Å². The minimum atomic E-state index is -0.605. The molecule has 0 radical (unpaired) electrons. The van der Waals surface area contributed by atoms with E-state index in [0.29, 0.717) is 5.13 Å². The molecule has 1 aromatic carbocycles. The molecule has 0 unspecified atom stereocenters. The van der Waals surface area contributed by atoms with Gasteiger partial charge < -0.3 is 4.74 Å². The molecule has 0 aliphatic heterocycles. The van der Waals surface area contributed by atoms with E-state index >= 15 is 0 Å². The Morgan fingerprint density at radius 1 is 1.39 bits per heavy atom. The number of thioether (sulfide) groups is 1. The third-order valence-electron chi connectivity index (χ3n) is 3.07. The lowest BCUT2D eigenvalue weighted by atomic mass is 10.1. The zero-order valence-electron chi connectivity index (χ0n) is 13.8. The van der Waals surface area contributed by atoms with Gasteiger partial charge in [-0.15, -0.1) is 10.2 Å². The predicted octanol–water partition coefficient (Wildman–Crippen LogP) is 4.06. The number of amides is 1. The maximum absolute atomic E-state index is 12.2. The monoisotopic (exact) mass is 351 g/mol. The van der Waals surface area contributed by atoms with Crippen LogP contribution in [0.4, 0.5) is 5.13 Å². The lowest BCUT2D eigenvalue weighted by Crippen LogP contribution is -2.30. The third-order valence-corrected chi connectivity index (χ3v) is 5.25. The largest absolute Gasteiger partial charge is 0.481 e. The molecule has 23 heavy (non-hydrogen) atoms. The van der Waals surface area contributed by atoms with Gasteiger partial charge in [-0.05, 0) is 38.8 Å². The number of anilines is 1. The van der Waals surface area contributed by atoms with Crippen LogP contribution in [0.2, 0.25) is 0 Å². The molecule has 1 aromatic heterocycles. The number of aryl methyl sites for hydroxylation is 2. The number of ether oxygens (including phenoxy) is 1. The minimum absolute atomic E-state index is 0.229. The van der Waals surface area contributed by atoms with E-state index in [9.17, 15) is 4.79 Å². The fourth-order valence-corrected chi connectivity index (χ4v) is 3.57. The van der Waals surface area contributed by atoms with Crippen molar-refractivity contribution in [3.8, 4) is 5.75 Å². The molecule has 0 spiro atoms. The minimum Gasteiger partial charge on any atom is -0.481 e. The summed E-state index contributed by atoms with van der Waals surface area (Å²) in [5.74, 6) is 1.48. The molecule has 0 saturated carbocycles. The normalized spacial score (nSPS) is 12.0.